The molecule has 0 unspecified atom stereocenters. The Labute approximate surface area is 98.9 Å². The lowest BCUT2D eigenvalue weighted by atomic mass is 10.2. The minimum atomic E-state index is -1.10. The van der Waals surface area contributed by atoms with E-state index in [9.17, 15) is 14.4 Å². The zero-order valence-corrected chi connectivity index (χ0v) is 9.68. The molecule has 0 radical (unpaired) electrons. The maximum atomic E-state index is 11.8. The van der Waals surface area contributed by atoms with Gasteiger partial charge >= 0.3 is 5.97 Å². The summed E-state index contributed by atoms with van der Waals surface area (Å²) in [6, 6.07) is -1.55. The second-order valence-corrected chi connectivity index (χ2v) is 4.02. The van der Waals surface area contributed by atoms with Crippen LogP contribution in [-0.2, 0) is 14.4 Å². The van der Waals surface area contributed by atoms with Crippen LogP contribution in [0.1, 0.15) is 19.8 Å². The Balaban J connectivity index is 2.62. The predicted molar refractivity (Wildman–Crippen MR) is 59.0 cm³/mol. The van der Waals surface area contributed by atoms with Gasteiger partial charge in [0.25, 0.3) is 0 Å². The van der Waals surface area contributed by atoms with E-state index in [4.69, 9.17) is 10.8 Å². The highest BCUT2D eigenvalue weighted by Crippen LogP contribution is 2.17. The summed E-state index contributed by atoms with van der Waals surface area (Å²) in [5, 5.41) is 11.0. The molecule has 2 amide bonds. The first kappa shape index (κ1) is 13.4. The van der Waals surface area contributed by atoms with Gasteiger partial charge in [-0.3, -0.25) is 14.4 Å². The van der Waals surface area contributed by atoms with Crippen LogP contribution in [0.25, 0.3) is 0 Å². The lowest BCUT2D eigenvalue weighted by molar-refractivity contribution is -0.143. The molecule has 0 saturated carbocycles. The normalized spacial score (nSPS) is 21.1. The number of nitrogens with one attached hydrogen (secondary N) is 1. The first-order chi connectivity index (χ1) is 7.97. The Bertz CT molecular complexity index is 332. The molecule has 0 aromatic heterocycles. The van der Waals surface area contributed by atoms with E-state index in [0.717, 1.165) is 6.42 Å². The van der Waals surface area contributed by atoms with Crippen molar-refractivity contribution in [2.45, 2.75) is 31.8 Å². The van der Waals surface area contributed by atoms with E-state index < -0.39 is 24.0 Å². The van der Waals surface area contributed by atoms with E-state index in [0.29, 0.717) is 13.0 Å². The summed E-state index contributed by atoms with van der Waals surface area (Å²) >= 11 is 0. The molecule has 0 spiro atoms. The second kappa shape index (κ2) is 5.62. The first-order valence-electron chi connectivity index (χ1n) is 5.50. The van der Waals surface area contributed by atoms with Crippen LogP contribution >= 0.6 is 0 Å². The van der Waals surface area contributed by atoms with Crippen LogP contribution in [0.4, 0.5) is 0 Å². The monoisotopic (exact) mass is 243 g/mol. The van der Waals surface area contributed by atoms with Crippen LogP contribution in [0, 0.1) is 0 Å². The van der Waals surface area contributed by atoms with Crippen molar-refractivity contribution in [1.29, 1.82) is 0 Å². The highest BCUT2D eigenvalue weighted by Gasteiger charge is 2.34. The number of carboxylic acid groups (broad SMARTS) is 1. The number of nitrogens with two attached hydrogens (primary N) is 1. The first-order valence-corrected chi connectivity index (χ1v) is 5.50. The van der Waals surface area contributed by atoms with Gasteiger partial charge in [0.05, 0.1) is 6.54 Å². The highest BCUT2D eigenvalue weighted by molar-refractivity contribution is 5.91. The van der Waals surface area contributed by atoms with Gasteiger partial charge in [0.15, 0.2) is 0 Å². The van der Waals surface area contributed by atoms with Crippen molar-refractivity contribution in [3.05, 3.63) is 0 Å². The van der Waals surface area contributed by atoms with Crippen LogP contribution in [0.5, 0.6) is 0 Å². The van der Waals surface area contributed by atoms with Crippen LogP contribution in [0.3, 0.4) is 0 Å². The number of likely N-dealkylation sites (tertiary alicyclic amines) is 1. The SMILES string of the molecule is C[C@@H](NC(=O)[C@H]1CCCN1C(=O)CN)C(=O)O. The van der Waals surface area contributed by atoms with E-state index in [-0.39, 0.29) is 12.5 Å². The zero-order valence-electron chi connectivity index (χ0n) is 9.68. The molecule has 4 N–H and O–H groups in total. The predicted octanol–water partition coefficient (Wildman–Crippen LogP) is -1.47. The molecule has 7 nitrogen and oxygen atoms in total. The summed E-state index contributed by atoms with van der Waals surface area (Å²) in [4.78, 5) is 35.2. The number of hydrogen-bond acceptors (Lipinski definition) is 4. The Morgan fingerprint density at radius 3 is 2.71 bits per heavy atom. The minimum Gasteiger partial charge on any atom is -0.480 e. The van der Waals surface area contributed by atoms with Crippen molar-refractivity contribution < 1.29 is 19.5 Å². The Kier molecular flexibility index (Phi) is 4.45. The standard InChI is InChI=1S/C10H17N3O4/c1-6(10(16)17)12-9(15)7-3-2-4-13(7)8(14)5-11/h6-7H,2-5,11H2,1H3,(H,12,15)(H,16,17)/t6-,7-/m1/s1. The second-order valence-electron chi connectivity index (χ2n) is 4.02. The number of carbonyl (C=O) groups excluding carboxylic acids is 2. The third kappa shape index (κ3) is 3.16. The smallest absolute Gasteiger partial charge is 0.325 e. The third-order valence-electron chi connectivity index (χ3n) is 2.78. The van der Waals surface area contributed by atoms with Gasteiger partial charge in [-0.2, -0.15) is 0 Å². The van der Waals surface area contributed by atoms with E-state index >= 15 is 0 Å². The molecular weight excluding hydrogens is 226 g/mol. The molecule has 1 aliphatic heterocycles. The molecule has 0 aromatic carbocycles. The number of nitrogens with zero attached hydrogens (tertiary/aromatic N) is 1. The summed E-state index contributed by atoms with van der Waals surface area (Å²) in [7, 11) is 0. The molecule has 0 aliphatic carbocycles. The number of amides is 2. The Hall–Kier alpha value is -1.63. The number of aliphatic carboxylic acids is 1. The lowest BCUT2D eigenvalue weighted by Gasteiger charge is -2.24. The van der Waals surface area contributed by atoms with E-state index in [1.165, 1.54) is 11.8 Å². The number of carboxylic acids is 1. The summed E-state index contributed by atoms with van der Waals surface area (Å²) in [6.07, 6.45) is 1.27. The van der Waals surface area contributed by atoms with Gasteiger partial charge in [-0.05, 0) is 19.8 Å². The van der Waals surface area contributed by atoms with Gasteiger partial charge < -0.3 is 21.1 Å². The van der Waals surface area contributed by atoms with Crippen molar-refractivity contribution in [3.63, 3.8) is 0 Å². The fraction of sp³-hybridized carbons (Fsp3) is 0.700. The van der Waals surface area contributed by atoms with Crippen LogP contribution in [0.2, 0.25) is 0 Å². The average molecular weight is 243 g/mol. The molecule has 1 rings (SSSR count). The molecule has 1 saturated heterocycles. The molecule has 7 heteroatoms. The fourth-order valence-corrected chi connectivity index (χ4v) is 1.83. The van der Waals surface area contributed by atoms with Crippen LogP contribution in [-0.4, -0.2) is 53.0 Å². The third-order valence-corrected chi connectivity index (χ3v) is 2.78. The molecule has 1 aliphatic rings. The maximum Gasteiger partial charge on any atom is 0.325 e. The quantitative estimate of drug-likeness (QED) is 0.557. The van der Waals surface area contributed by atoms with Crippen molar-refractivity contribution >= 4 is 17.8 Å². The minimum absolute atomic E-state index is 0.141. The van der Waals surface area contributed by atoms with Crippen molar-refractivity contribution in [2.75, 3.05) is 13.1 Å². The molecule has 2 atom stereocenters. The molecule has 96 valence electrons. The molecule has 1 fully saturated rings. The zero-order chi connectivity index (χ0) is 13.0. The van der Waals surface area contributed by atoms with Gasteiger partial charge in [0.2, 0.25) is 11.8 Å². The summed E-state index contributed by atoms with van der Waals surface area (Å²) in [5.41, 5.74) is 5.25. The molecule has 1 heterocycles. The van der Waals surface area contributed by atoms with Gasteiger partial charge in [-0.1, -0.05) is 0 Å². The number of hydrogen-bond donors (Lipinski definition) is 3. The van der Waals surface area contributed by atoms with E-state index in [1.54, 1.807) is 0 Å². The topological polar surface area (TPSA) is 113 Å². The van der Waals surface area contributed by atoms with Gasteiger partial charge in [-0.25, -0.2) is 0 Å². The Morgan fingerprint density at radius 1 is 1.53 bits per heavy atom. The molecule has 17 heavy (non-hydrogen) atoms. The van der Waals surface area contributed by atoms with Crippen molar-refractivity contribution in [2.24, 2.45) is 5.73 Å². The molecule has 0 bridgehead atoms. The highest BCUT2D eigenvalue weighted by atomic mass is 16.4. The Morgan fingerprint density at radius 2 is 2.18 bits per heavy atom. The average Bonchev–Trinajstić information content (AvgIpc) is 2.76. The van der Waals surface area contributed by atoms with Crippen molar-refractivity contribution in [1.82, 2.24) is 10.2 Å². The van der Waals surface area contributed by atoms with Crippen LogP contribution < -0.4 is 11.1 Å². The van der Waals surface area contributed by atoms with E-state index in [2.05, 4.69) is 5.32 Å². The van der Waals surface area contributed by atoms with Gasteiger partial charge in [-0.15, -0.1) is 0 Å². The summed E-state index contributed by atoms with van der Waals surface area (Å²) < 4.78 is 0. The van der Waals surface area contributed by atoms with Crippen molar-refractivity contribution in [3.8, 4) is 0 Å². The lowest BCUT2D eigenvalue weighted by Crippen LogP contribution is -2.51. The number of carbonyl (C=O) groups is 3. The van der Waals surface area contributed by atoms with E-state index in [1.807, 2.05) is 0 Å². The largest absolute Gasteiger partial charge is 0.480 e. The fourth-order valence-electron chi connectivity index (χ4n) is 1.83. The summed E-state index contributed by atoms with van der Waals surface area (Å²) in [5.74, 6) is -1.82. The molecule has 0 aromatic rings. The number of rotatable bonds is 4. The summed E-state index contributed by atoms with van der Waals surface area (Å²) in [6.45, 7) is 1.73. The maximum absolute atomic E-state index is 11.8. The molecular formula is C10H17N3O4. The van der Waals surface area contributed by atoms with Gasteiger partial charge in [0, 0.05) is 6.54 Å². The van der Waals surface area contributed by atoms with Crippen LogP contribution in [0.15, 0.2) is 0 Å². The van der Waals surface area contributed by atoms with Gasteiger partial charge in [0.1, 0.15) is 12.1 Å².